The quantitative estimate of drug-likeness (QED) is 0.296. The molecule has 1 saturated heterocycles. The Morgan fingerprint density at radius 2 is 1.61 bits per heavy atom. The van der Waals surface area contributed by atoms with Gasteiger partial charge in [0.15, 0.2) is 5.79 Å². The molecule has 1 heterocycles. The largest absolute Gasteiger partial charge is 0.493 e. The van der Waals surface area contributed by atoms with E-state index < -0.39 is 34.8 Å². The summed E-state index contributed by atoms with van der Waals surface area (Å²) in [6.07, 6.45) is -7.98. The van der Waals surface area contributed by atoms with Crippen LogP contribution < -0.4 is 10.5 Å². The molecule has 1 aliphatic heterocycles. The molecule has 2 aromatic carbocycles. The van der Waals surface area contributed by atoms with Crippen molar-refractivity contribution in [3.8, 4) is 5.75 Å². The van der Waals surface area contributed by atoms with E-state index in [2.05, 4.69) is 0 Å². The van der Waals surface area contributed by atoms with Crippen molar-refractivity contribution in [2.45, 2.75) is 63.2 Å². The Labute approximate surface area is 210 Å². The highest BCUT2D eigenvalue weighted by Gasteiger charge is 2.38. The van der Waals surface area contributed by atoms with E-state index in [1.54, 1.807) is 19.9 Å². The molecule has 0 aliphatic carbocycles. The van der Waals surface area contributed by atoms with Gasteiger partial charge in [0, 0.05) is 5.02 Å². The maximum atomic E-state index is 13.7. The Balaban J connectivity index is 1.59. The summed E-state index contributed by atoms with van der Waals surface area (Å²) in [5.41, 5.74) is 4.61. The van der Waals surface area contributed by atoms with Gasteiger partial charge in [0.05, 0.1) is 36.5 Å². The number of rotatable bonds is 8. The van der Waals surface area contributed by atoms with Gasteiger partial charge in [0.25, 0.3) is 0 Å². The molecule has 0 spiro atoms. The van der Waals surface area contributed by atoms with Gasteiger partial charge in [0.2, 0.25) is 0 Å². The highest BCUT2D eigenvalue weighted by molar-refractivity contribution is 6.31. The number of alkyl halides is 6. The Bertz CT molecular complexity index is 1050. The van der Waals surface area contributed by atoms with E-state index in [4.69, 9.17) is 31.5 Å². The number of nitrogens with two attached hydrogens (primary N) is 1. The Morgan fingerprint density at radius 3 is 2.19 bits per heavy atom. The summed E-state index contributed by atoms with van der Waals surface area (Å²) in [5.74, 6) is -1.07. The molecule has 1 fully saturated rings. The smallest absolute Gasteiger partial charge is 0.419 e. The maximum Gasteiger partial charge on any atom is 0.419 e. The fourth-order valence-corrected chi connectivity index (χ4v) is 3.98. The van der Waals surface area contributed by atoms with Gasteiger partial charge in [-0.25, -0.2) is 0 Å². The maximum absolute atomic E-state index is 13.7. The van der Waals surface area contributed by atoms with E-state index in [-0.39, 0.29) is 43.4 Å². The predicted molar refractivity (Wildman–Crippen MR) is 123 cm³/mol. The zero-order chi connectivity index (χ0) is 26.8. The van der Waals surface area contributed by atoms with Gasteiger partial charge >= 0.3 is 12.4 Å². The molecule has 0 amide bonds. The Morgan fingerprint density at radius 1 is 0.944 bits per heavy atom. The van der Waals surface area contributed by atoms with Crippen LogP contribution in [0.2, 0.25) is 5.02 Å². The topological polar surface area (TPSA) is 53.7 Å². The summed E-state index contributed by atoms with van der Waals surface area (Å²) < 4.78 is 95.9. The van der Waals surface area contributed by atoms with Crippen molar-refractivity contribution in [2.75, 3.05) is 19.8 Å². The van der Waals surface area contributed by atoms with Crippen LogP contribution in [0.5, 0.6) is 5.75 Å². The highest BCUT2D eigenvalue weighted by Crippen LogP contribution is 2.38. The molecule has 2 aromatic rings. The number of halogens is 7. The van der Waals surface area contributed by atoms with Crippen LogP contribution in [0.15, 0.2) is 36.4 Å². The predicted octanol–water partition coefficient (Wildman–Crippen LogP) is 6.80. The monoisotopic (exact) mass is 539 g/mol. The molecule has 0 radical (unpaired) electrons. The van der Waals surface area contributed by atoms with E-state index in [1.807, 2.05) is 0 Å². The molecule has 3 rings (SSSR count). The van der Waals surface area contributed by atoms with Gasteiger partial charge in [0.1, 0.15) is 5.75 Å². The average molecular weight is 540 g/mol. The van der Waals surface area contributed by atoms with Crippen molar-refractivity contribution in [1.29, 1.82) is 0 Å². The molecule has 1 aliphatic rings. The fourth-order valence-electron chi connectivity index (χ4n) is 3.71. The van der Waals surface area contributed by atoms with E-state index >= 15 is 0 Å². The van der Waals surface area contributed by atoms with Crippen molar-refractivity contribution in [2.24, 2.45) is 5.73 Å². The second kappa shape index (κ2) is 10.8. The summed E-state index contributed by atoms with van der Waals surface area (Å²) in [4.78, 5) is 0. The summed E-state index contributed by atoms with van der Waals surface area (Å²) in [7, 11) is 0. The van der Waals surface area contributed by atoms with Gasteiger partial charge in [-0.3, -0.25) is 0 Å². The van der Waals surface area contributed by atoms with Crippen molar-refractivity contribution in [1.82, 2.24) is 0 Å². The van der Waals surface area contributed by atoms with Gasteiger partial charge < -0.3 is 19.9 Å². The second-order valence-electron chi connectivity index (χ2n) is 9.42. The van der Waals surface area contributed by atoms with E-state index in [0.717, 1.165) is 18.2 Å². The minimum atomic E-state index is -4.64. The molecule has 36 heavy (non-hydrogen) atoms. The molecule has 0 bridgehead atoms. The number of ether oxygens (including phenoxy) is 3. The minimum absolute atomic E-state index is 0.0554. The standard InChI is InChI=1S/C25H28ClF6NO3/c1-22(2)35-14-23(33,15-36-22)10-9-16-5-8-21(19(12-16)25(30,31)32)34-11-3-4-17-6-7-18(13-20(17)26)24(27,28)29/h5-8,12-13H,3-4,9-11,14-15,33H2,1-2H3. The molecule has 0 aromatic heterocycles. The molecule has 4 nitrogen and oxygen atoms in total. The van der Waals surface area contributed by atoms with Crippen LogP contribution in [0.25, 0.3) is 0 Å². The Kier molecular flexibility index (Phi) is 8.54. The molecule has 0 atom stereocenters. The van der Waals surface area contributed by atoms with Crippen LogP contribution in [0.4, 0.5) is 26.3 Å². The normalized spacial score (nSPS) is 17.7. The molecular weight excluding hydrogens is 512 g/mol. The summed E-state index contributed by atoms with van der Waals surface area (Å²) in [6.45, 7) is 3.92. The second-order valence-corrected chi connectivity index (χ2v) is 9.83. The van der Waals surface area contributed by atoms with Gasteiger partial charge in [-0.1, -0.05) is 23.7 Å². The molecule has 0 saturated carbocycles. The first-order chi connectivity index (χ1) is 16.6. The number of hydrogen-bond donors (Lipinski definition) is 1. The van der Waals surface area contributed by atoms with Crippen molar-refractivity contribution in [3.63, 3.8) is 0 Å². The fraction of sp³-hybridized carbons (Fsp3) is 0.520. The first-order valence-electron chi connectivity index (χ1n) is 11.3. The van der Waals surface area contributed by atoms with Crippen LogP contribution in [0.3, 0.4) is 0 Å². The zero-order valence-corrected chi connectivity index (χ0v) is 20.6. The van der Waals surface area contributed by atoms with Crippen LogP contribution in [0, 0.1) is 0 Å². The minimum Gasteiger partial charge on any atom is -0.493 e. The molecule has 2 N–H and O–H groups in total. The summed E-state index contributed by atoms with van der Waals surface area (Å²) in [5, 5.41) is -0.0554. The van der Waals surface area contributed by atoms with Crippen LogP contribution >= 0.6 is 11.6 Å². The van der Waals surface area contributed by atoms with E-state index in [0.29, 0.717) is 24.0 Å². The van der Waals surface area contributed by atoms with Crippen LogP contribution in [0.1, 0.15) is 48.9 Å². The lowest BCUT2D eigenvalue weighted by Gasteiger charge is -2.41. The third kappa shape index (κ3) is 7.74. The van der Waals surface area contributed by atoms with E-state index in [1.165, 1.54) is 12.1 Å². The first-order valence-corrected chi connectivity index (χ1v) is 11.7. The molecule has 0 unspecified atom stereocenters. The third-order valence-corrected chi connectivity index (χ3v) is 6.26. The number of aryl methyl sites for hydroxylation is 2. The summed E-state index contributed by atoms with van der Waals surface area (Å²) >= 11 is 5.93. The number of benzene rings is 2. The van der Waals surface area contributed by atoms with E-state index in [9.17, 15) is 26.3 Å². The van der Waals surface area contributed by atoms with Crippen LogP contribution in [-0.4, -0.2) is 31.1 Å². The third-order valence-electron chi connectivity index (χ3n) is 5.90. The average Bonchev–Trinajstić information content (AvgIpc) is 2.77. The lowest BCUT2D eigenvalue weighted by molar-refractivity contribution is -0.267. The summed E-state index contributed by atoms with van der Waals surface area (Å²) in [6, 6.07) is 6.86. The SMILES string of the molecule is CC1(C)OCC(N)(CCc2ccc(OCCCc3ccc(C(F)(F)F)cc3Cl)c(C(F)(F)F)c2)CO1. The van der Waals surface area contributed by atoms with Crippen molar-refractivity contribution < 1.29 is 40.6 Å². The molecular formula is C25H28ClF6NO3. The van der Waals surface area contributed by atoms with Crippen molar-refractivity contribution in [3.05, 3.63) is 63.7 Å². The zero-order valence-electron chi connectivity index (χ0n) is 19.9. The number of hydrogen-bond acceptors (Lipinski definition) is 4. The molecule has 11 heteroatoms. The van der Waals surface area contributed by atoms with Crippen molar-refractivity contribution >= 4 is 11.6 Å². The lowest BCUT2D eigenvalue weighted by Crippen LogP contribution is -2.57. The first kappa shape index (κ1) is 28.6. The van der Waals surface area contributed by atoms with Gasteiger partial charge in [-0.15, -0.1) is 0 Å². The van der Waals surface area contributed by atoms with Crippen LogP contribution in [-0.2, 0) is 34.7 Å². The Hall–Kier alpha value is -2.01. The molecule has 200 valence electrons. The highest BCUT2D eigenvalue weighted by atomic mass is 35.5. The van der Waals surface area contributed by atoms with Gasteiger partial charge in [-0.05, 0) is 74.9 Å². The van der Waals surface area contributed by atoms with Gasteiger partial charge in [-0.2, -0.15) is 26.3 Å². The lowest BCUT2D eigenvalue weighted by atomic mass is 9.92.